The van der Waals surface area contributed by atoms with Crippen molar-refractivity contribution in [2.24, 2.45) is 5.92 Å². The van der Waals surface area contributed by atoms with Gasteiger partial charge in [0.15, 0.2) is 0 Å². The van der Waals surface area contributed by atoms with E-state index in [2.05, 4.69) is 24.1 Å². The van der Waals surface area contributed by atoms with E-state index in [0.29, 0.717) is 19.0 Å². The smallest absolute Gasteiger partial charge is 0.124 e. The van der Waals surface area contributed by atoms with Crippen LogP contribution in [0.15, 0.2) is 30.5 Å². The second-order valence-corrected chi connectivity index (χ2v) is 5.41. The van der Waals surface area contributed by atoms with Crippen LogP contribution in [0.5, 0.6) is 0 Å². The van der Waals surface area contributed by atoms with E-state index in [-0.39, 0.29) is 11.9 Å². The first-order chi connectivity index (χ1) is 10.2. The molecule has 0 aliphatic carbocycles. The molecule has 21 heavy (non-hydrogen) atoms. The number of hydrogen-bond donors (Lipinski definition) is 2. The molecule has 1 aromatic heterocycles. The van der Waals surface area contributed by atoms with Crippen LogP contribution in [0.4, 0.5) is 4.39 Å². The summed E-state index contributed by atoms with van der Waals surface area (Å²) in [7, 11) is 0. The predicted molar refractivity (Wildman–Crippen MR) is 83.5 cm³/mol. The molecule has 3 nitrogen and oxygen atoms in total. The van der Waals surface area contributed by atoms with Crippen LogP contribution < -0.4 is 5.32 Å². The number of halogens is 1. The summed E-state index contributed by atoms with van der Waals surface area (Å²) >= 11 is 0. The first-order valence-corrected chi connectivity index (χ1v) is 7.57. The van der Waals surface area contributed by atoms with E-state index in [1.807, 2.05) is 6.07 Å². The van der Waals surface area contributed by atoms with Crippen LogP contribution in [0.1, 0.15) is 32.3 Å². The number of aliphatic hydroxyl groups excluding tert-OH is 1. The number of aliphatic hydroxyl groups is 1. The molecule has 1 heterocycles. The van der Waals surface area contributed by atoms with Gasteiger partial charge in [-0.05, 0) is 29.7 Å². The van der Waals surface area contributed by atoms with E-state index in [1.54, 1.807) is 12.3 Å². The number of aromatic nitrogens is 1. The summed E-state index contributed by atoms with van der Waals surface area (Å²) in [6, 6.07) is 6.65. The Bertz CT molecular complexity index is 584. The minimum Gasteiger partial charge on any atom is -0.392 e. The highest BCUT2D eigenvalue weighted by Gasteiger charge is 2.15. The summed E-state index contributed by atoms with van der Waals surface area (Å²) in [5.74, 6) is 0.0488. The number of fused-ring (bicyclic) bond motifs is 1. The Kier molecular flexibility index (Phi) is 5.65. The van der Waals surface area contributed by atoms with Crippen LogP contribution in [0.25, 0.3) is 10.9 Å². The maximum atomic E-state index is 13.6. The van der Waals surface area contributed by atoms with Gasteiger partial charge < -0.3 is 10.4 Å². The van der Waals surface area contributed by atoms with Gasteiger partial charge in [-0.2, -0.15) is 0 Å². The Balaban J connectivity index is 2.04. The molecule has 1 atom stereocenters. The Morgan fingerprint density at radius 2 is 2.05 bits per heavy atom. The second kappa shape index (κ2) is 7.48. The minimum absolute atomic E-state index is 0.257. The first kappa shape index (κ1) is 15.9. The number of nitrogens with one attached hydrogen (secondary N) is 1. The van der Waals surface area contributed by atoms with Gasteiger partial charge in [-0.1, -0.05) is 32.8 Å². The molecule has 0 amide bonds. The van der Waals surface area contributed by atoms with Gasteiger partial charge in [0.1, 0.15) is 5.82 Å². The SMILES string of the molecule is CCC(CC)C(O)CNCc1cc(F)cc2cccnc12. The van der Waals surface area contributed by atoms with Crippen molar-refractivity contribution in [1.29, 1.82) is 0 Å². The van der Waals surface area contributed by atoms with Gasteiger partial charge in [-0.15, -0.1) is 0 Å². The molecule has 2 aromatic rings. The third-order valence-corrected chi connectivity index (χ3v) is 4.01. The molecule has 0 aliphatic heterocycles. The Morgan fingerprint density at radius 3 is 2.76 bits per heavy atom. The minimum atomic E-state index is -0.368. The summed E-state index contributed by atoms with van der Waals surface area (Å²) in [6.07, 6.45) is 3.27. The number of benzene rings is 1. The van der Waals surface area contributed by atoms with Crippen molar-refractivity contribution in [3.8, 4) is 0 Å². The lowest BCUT2D eigenvalue weighted by atomic mass is 9.96. The molecule has 4 heteroatoms. The molecule has 1 unspecified atom stereocenters. The van der Waals surface area contributed by atoms with E-state index in [9.17, 15) is 9.50 Å². The van der Waals surface area contributed by atoms with Crippen molar-refractivity contribution in [2.45, 2.75) is 39.3 Å². The topological polar surface area (TPSA) is 45.1 Å². The van der Waals surface area contributed by atoms with Crippen molar-refractivity contribution in [2.75, 3.05) is 6.54 Å². The zero-order chi connectivity index (χ0) is 15.2. The van der Waals surface area contributed by atoms with Crippen LogP contribution in [0.2, 0.25) is 0 Å². The van der Waals surface area contributed by atoms with Gasteiger partial charge in [0.05, 0.1) is 11.6 Å². The highest BCUT2D eigenvalue weighted by atomic mass is 19.1. The van der Waals surface area contributed by atoms with Crippen LogP contribution in [-0.2, 0) is 6.54 Å². The zero-order valence-electron chi connectivity index (χ0n) is 12.6. The molecular formula is C17H23FN2O. The maximum absolute atomic E-state index is 13.6. The molecule has 114 valence electrons. The molecule has 0 spiro atoms. The van der Waals surface area contributed by atoms with Crippen molar-refractivity contribution >= 4 is 10.9 Å². The Labute approximate surface area is 125 Å². The summed E-state index contributed by atoms with van der Waals surface area (Å²) in [5.41, 5.74) is 1.63. The van der Waals surface area contributed by atoms with Crippen molar-refractivity contribution < 1.29 is 9.50 Å². The van der Waals surface area contributed by atoms with Gasteiger partial charge in [0.25, 0.3) is 0 Å². The zero-order valence-corrected chi connectivity index (χ0v) is 12.6. The van der Waals surface area contributed by atoms with E-state index in [1.165, 1.54) is 12.1 Å². The third kappa shape index (κ3) is 3.99. The standard InChI is InChI=1S/C17H23FN2O/c1-3-12(4-2)16(21)11-19-10-14-9-15(18)8-13-6-5-7-20-17(13)14/h5-9,12,16,19,21H,3-4,10-11H2,1-2H3. The summed E-state index contributed by atoms with van der Waals surface area (Å²) in [6.45, 7) is 5.18. The number of pyridine rings is 1. The fourth-order valence-corrected chi connectivity index (χ4v) is 2.72. The van der Waals surface area contributed by atoms with Crippen LogP contribution in [0.3, 0.4) is 0 Å². The van der Waals surface area contributed by atoms with Gasteiger partial charge in [0.2, 0.25) is 0 Å². The molecular weight excluding hydrogens is 267 g/mol. The first-order valence-electron chi connectivity index (χ1n) is 7.57. The summed E-state index contributed by atoms with van der Waals surface area (Å²) in [4.78, 5) is 4.32. The molecule has 0 fully saturated rings. The van der Waals surface area contributed by atoms with E-state index in [0.717, 1.165) is 29.3 Å². The second-order valence-electron chi connectivity index (χ2n) is 5.41. The number of hydrogen-bond acceptors (Lipinski definition) is 3. The molecule has 0 bridgehead atoms. The molecule has 1 aromatic carbocycles. The maximum Gasteiger partial charge on any atom is 0.124 e. The van der Waals surface area contributed by atoms with Crippen molar-refractivity contribution in [3.63, 3.8) is 0 Å². The number of rotatable bonds is 7. The van der Waals surface area contributed by atoms with E-state index < -0.39 is 0 Å². The van der Waals surface area contributed by atoms with Crippen LogP contribution in [-0.4, -0.2) is 22.7 Å². The molecule has 2 rings (SSSR count). The predicted octanol–water partition coefficient (Wildman–Crippen LogP) is 3.26. The monoisotopic (exact) mass is 290 g/mol. The third-order valence-electron chi connectivity index (χ3n) is 4.01. The van der Waals surface area contributed by atoms with Gasteiger partial charge >= 0.3 is 0 Å². The number of nitrogens with zero attached hydrogens (tertiary/aromatic N) is 1. The average Bonchev–Trinajstić information content (AvgIpc) is 2.48. The van der Waals surface area contributed by atoms with Gasteiger partial charge in [-0.3, -0.25) is 4.98 Å². The highest BCUT2D eigenvalue weighted by Crippen LogP contribution is 2.18. The summed E-state index contributed by atoms with van der Waals surface area (Å²) < 4.78 is 13.6. The fourth-order valence-electron chi connectivity index (χ4n) is 2.72. The van der Waals surface area contributed by atoms with Crippen molar-refractivity contribution in [3.05, 3.63) is 41.8 Å². The van der Waals surface area contributed by atoms with E-state index >= 15 is 0 Å². The molecule has 0 saturated heterocycles. The molecule has 0 radical (unpaired) electrons. The lowest BCUT2D eigenvalue weighted by Gasteiger charge is -2.20. The fraction of sp³-hybridized carbons (Fsp3) is 0.471. The van der Waals surface area contributed by atoms with E-state index in [4.69, 9.17) is 0 Å². The van der Waals surface area contributed by atoms with Gasteiger partial charge in [0, 0.05) is 24.7 Å². The molecule has 0 aliphatic rings. The van der Waals surface area contributed by atoms with Crippen molar-refractivity contribution in [1.82, 2.24) is 10.3 Å². The highest BCUT2D eigenvalue weighted by molar-refractivity contribution is 5.81. The average molecular weight is 290 g/mol. The Morgan fingerprint density at radius 1 is 1.29 bits per heavy atom. The summed E-state index contributed by atoms with van der Waals surface area (Å²) in [5, 5.41) is 14.1. The normalized spacial score (nSPS) is 13.0. The lowest BCUT2D eigenvalue weighted by Crippen LogP contribution is -2.32. The molecule has 2 N–H and O–H groups in total. The van der Waals surface area contributed by atoms with Crippen LogP contribution >= 0.6 is 0 Å². The Hall–Kier alpha value is -1.52. The van der Waals surface area contributed by atoms with Gasteiger partial charge in [-0.25, -0.2) is 4.39 Å². The van der Waals surface area contributed by atoms with Crippen LogP contribution in [0, 0.1) is 11.7 Å². The quantitative estimate of drug-likeness (QED) is 0.822. The lowest BCUT2D eigenvalue weighted by molar-refractivity contribution is 0.101. The largest absolute Gasteiger partial charge is 0.392 e. The molecule has 0 saturated carbocycles.